The number of hydrogen-bond donors (Lipinski definition) is 4. The maximum Gasteiger partial charge on any atom is 0.241 e. The molecular weight excluding hydrogens is 425 g/mol. The Balaban J connectivity index is 1.71. The normalized spacial score (nSPS) is 11.9. The van der Waals surface area contributed by atoms with E-state index in [4.69, 9.17) is 11.6 Å². The quantitative estimate of drug-likeness (QED) is 0.398. The lowest BCUT2D eigenvalue weighted by atomic mass is 10.1. The molecule has 31 heavy (non-hydrogen) atoms. The SMILES string of the molecule is CC(C)NC(=O)Cn1cc(Nc2ncc(Cl)c(N[C@H](CO)c3ccccc3F)n2)cn1. The number of aromatic nitrogens is 4. The van der Waals surface area contributed by atoms with Crippen molar-refractivity contribution in [2.24, 2.45) is 0 Å². The minimum atomic E-state index is -0.747. The van der Waals surface area contributed by atoms with Crippen molar-refractivity contribution in [2.75, 3.05) is 17.2 Å². The summed E-state index contributed by atoms with van der Waals surface area (Å²) in [4.78, 5) is 20.3. The highest BCUT2D eigenvalue weighted by molar-refractivity contribution is 6.32. The fraction of sp³-hybridized carbons (Fsp3) is 0.300. The minimum Gasteiger partial charge on any atom is -0.394 e. The van der Waals surface area contributed by atoms with Gasteiger partial charge >= 0.3 is 0 Å². The number of anilines is 3. The Bertz CT molecular complexity index is 1040. The zero-order valence-corrected chi connectivity index (χ0v) is 17.8. The van der Waals surface area contributed by atoms with Gasteiger partial charge in [0.1, 0.15) is 17.4 Å². The second-order valence-electron chi connectivity index (χ2n) is 7.06. The highest BCUT2D eigenvalue weighted by Crippen LogP contribution is 2.26. The van der Waals surface area contributed by atoms with Gasteiger partial charge in [-0.3, -0.25) is 9.48 Å². The van der Waals surface area contributed by atoms with E-state index in [0.717, 1.165) is 0 Å². The van der Waals surface area contributed by atoms with Gasteiger partial charge in [-0.2, -0.15) is 10.1 Å². The molecule has 4 N–H and O–H groups in total. The maximum atomic E-state index is 14.1. The molecule has 1 amide bonds. The van der Waals surface area contributed by atoms with Crippen LogP contribution in [0.15, 0.2) is 42.9 Å². The third kappa shape index (κ3) is 6.12. The summed E-state index contributed by atoms with van der Waals surface area (Å²) in [6, 6.07) is 5.43. The molecule has 2 heterocycles. The summed E-state index contributed by atoms with van der Waals surface area (Å²) in [6.45, 7) is 3.47. The summed E-state index contributed by atoms with van der Waals surface area (Å²) in [5, 5.41) is 22.8. The van der Waals surface area contributed by atoms with E-state index in [1.165, 1.54) is 23.1 Å². The Labute approximate surface area is 183 Å². The van der Waals surface area contributed by atoms with Crippen molar-refractivity contribution in [1.29, 1.82) is 0 Å². The molecule has 0 unspecified atom stereocenters. The first-order valence-corrected chi connectivity index (χ1v) is 9.96. The third-order valence-corrected chi connectivity index (χ3v) is 4.44. The van der Waals surface area contributed by atoms with Crippen molar-refractivity contribution in [3.05, 3.63) is 59.3 Å². The van der Waals surface area contributed by atoms with Gasteiger partial charge in [0.25, 0.3) is 0 Å². The lowest BCUT2D eigenvalue weighted by Gasteiger charge is -2.19. The summed E-state index contributed by atoms with van der Waals surface area (Å²) in [5.74, 6) is -0.165. The van der Waals surface area contributed by atoms with Gasteiger partial charge in [-0.1, -0.05) is 29.8 Å². The van der Waals surface area contributed by atoms with E-state index in [-0.39, 0.29) is 47.5 Å². The number of rotatable bonds is 9. The van der Waals surface area contributed by atoms with Crippen molar-refractivity contribution in [3.8, 4) is 0 Å². The zero-order chi connectivity index (χ0) is 22.4. The summed E-state index contributed by atoms with van der Waals surface area (Å²) < 4.78 is 15.6. The molecule has 0 fully saturated rings. The molecule has 9 nitrogen and oxygen atoms in total. The van der Waals surface area contributed by atoms with E-state index < -0.39 is 11.9 Å². The van der Waals surface area contributed by atoms with Crippen molar-refractivity contribution < 1.29 is 14.3 Å². The van der Waals surface area contributed by atoms with Gasteiger partial charge in [-0.05, 0) is 19.9 Å². The van der Waals surface area contributed by atoms with Gasteiger partial charge < -0.3 is 21.1 Å². The second-order valence-corrected chi connectivity index (χ2v) is 7.47. The molecule has 0 aliphatic rings. The molecule has 3 aromatic rings. The highest BCUT2D eigenvalue weighted by Gasteiger charge is 2.17. The second kappa shape index (κ2) is 10.2. The van der Waals surface area contributed by atoms with Crippen LogP contribution in [0.3, 0.4) is 0 Å². The lowest BCUT2D eigenvalue weighted by Crippen LogP contribution is -2.33. The van der Waals surface area contributed by atoms with Crippen LogP contribution in [-0.2, 0) is 11.3 Å². The smallest absolute Gasteiger partial charge is 0.241 e. The van der Waals surface area contributed by atoms with E-state index in [1.807, 2.05) is 13.8 Å². The van der Waals surface area contributed by atoms with Gasteiger partial charge in [-0.25, -0.2) is 9.37 Å². The van der Waals surface area contributed by atoms with Crippen molar-refractivity contribution in [1.82, 2.24) is 25.1 Å². The van der Waals surface area contributed by atoms with Crippen LogP contribution in [0.2, 0.25) is 5.02 Å². The third-order valence-electron chi connectivity index (χ3n) is 4.16. The molecule has 0 aliphatic heterocycles. The van der Waals surface area contributed by atoms with Crippen LogP contribution in [0.25, 0.3) is 0 Å². The van der Waals surface area contributed by atoms with Crippen LogP contribution in [-0.4, -0.2) is 43.4 Å². The number of benzene rings is 1. The molecule has 1 atom stereocenters. The van der Waals surface area contributed by atoms with Crippen molar-refractivity contribution >= 4 is 35.0 Å². The number of hydrogen-bond acceptors (Lipinski definition) is 7. The maximum absolute atomic E-state index is 14.1. The summed E-state index contributed by atoms with van der Waals surface area (Å²) >= 11 is 6.18. The highest BCUT2D eigenvalue weighted by atomic mass is 35.5. The average Bonchev–Trinajstić information content (AvgIpc) is 3.15. The molecule has 11 heteroatoms. The summed E-state index contributed by atoms with van der Waals surface area (Å²) in [7, 11) is 0. The van der Waals surface area contributed by atoms with Crippen LogP contribution < -0.4 is 16.0 Å². The predicted octanol–water partition coefficient (Wildman–Crippen LogP) is 2.88. The van der Waals surface area contributed by atoms with Crippen LogP contribution in [0.4, 0.5) is 21.8 Å². The molecule has 0 radical (unpaired) electrons. The van der Waals surface area contributed by atoms with E-state index in [1.54, 1.807) is 24.4 Å². The lowest BCUT2D eigenvalue weighted by molar-refractivity contribution is -0.122. The van der Waals surface area contributed by atoms with E-state index in [0.29, 0.717) is 5.69 Å². The Hall–Kier alpha value is -3.24. The number of aliphatic hydroxyl groups excluding tert-OH is 1. The fourth-order valence-electron chi connectivity index (χ4n) is 2.83. The number of carbonyl (C=O) groups excluding carboxylic acids is 1. The van der Waals surface area contributed by atoms with Crippen molar-refractivity contribution in [3.63, 3.8) is 0 Å². The first kappa shape index (κ1) is 22.4. The molecule has 0 saturated heterocycles. The van der Waals surface area contributed by atoms with Crippen molar-refractivity contribution in [2.45, 2.75) is 32.5 Å². The Morgan fingerprint density at radius 3 is 2.77 bits per heavy atom. The topological polar surface area (TPSA) is 117 Å². The molecule has 0 bridgehead atoms. The Morgan fingerprint density at radius 2 is 2.06 bits per heavy atom. The van der Waals surface area contributed by atoms with Crippen LogP contribution in [0.1, 0.15) is 25.5 Å². The first-order chi connectivity index (χ1) is 14.9. The van der Waals surface area contributed by atoms with Gasteiger partial charge in [0.15, 0.2) is 5.82 Å². The molecule has 1 aromatic carbocycles. The predicted molar refractivity (Wildman–Crippen MR) is 116 cm³/mol. The number of amides is 1. The standard InChI is InChI=1S/C20H23ClFN7O2/c1-12(2)25-18(31)10-29-9-13(7-24-29)26-20-23-8-15(21)19(28-20)27-17(11-30)14-5-3-4-6-16(14)22/h3-9,12,17,30H,10-11H2,1-2H3,(H,25,31)(H2,23,26,27,28)/t17-/m1/s1. The number of halogens is 2. The molecule has 2 aromatic heterocycles. The number of nitrogens with one attached hydrogen (secondary N) is 3. The minimum absolute atomic E-state index is 0.0427. The van der Waals surface area contributed by atoms with Gasteiger partial charge in [0.05, 0.1) is 30.7 Å². The number of aliphatic hydroxyl groups is 1. The molecule has 0 saturated carbocycles. The van der Waals surface area contributed by atoms with Gasteiger partial charge in [0, 0.05) is 17.8 Å². The molecule has 3 rings (SSSR count). The van der Waals surface area contributed by atoms with Gasteiger partial charge in [0.2, 0.25) is 11.9 Å². The van der Waals surface area contributed by atoms with Gasteiger partial charge in [-0.15, -0.1) is 0 Å². The van der Waals surface area contributed by atoms with Crippen LogP contribution >= 0.6 is 11.6 Å². The zero-order valence-electron chi connectivity index (χ0n) is 17.0. The largest absolute Gasteiger partial charge is 0.394 e. The molecule has 0 aliphatic carbocycles. The van der Waals surface area contributed by atoms with E-state index >= 15 is 0 Å². The fourth-order valence-corrected chi connectivity index (χ4v) is 2.98. The average molecular weight is 448 g/mol. The first-order valence-electron chi connectivity index (χ1n) is 9.59. The molecule has 164 valence electrons. The monoisotopic (exact) mass is 447 g/mol. The van der Waals surface area contributed by atoms with Crippen LogP contribution in [0.5, 0.6) is 0 Å². The number of nitrogens with zero attached hydrogens (tertiary/aromatic N) is 4. The van der Waals surface area contributed by atoms with Crippen LogP contribution in [0, 0.1) is 5.82 Å². The number of carbonyl (C=O) groups is 1. The summed E-state index contributed by atoms with van der Waals surface area (Å²) in [6.07, 6.45) is 4.56. The molecular formula is C20H23ClFN7O2. The molecule has 0 spiro atoms. The van der Waals surface area contributed by atoms with E-state index in [9.17, 15) is 14.3 Å². The Morgan fingerprint density at radius 1 is 1.29 bits per heavy atom. The Kier molecular flexibility index (Phi) is 7.37. The summed E-state index contributed by atoms with van der Waals surface area (Å²) in [5.41, 5.74) is 0.855. The van der Waals surface area contributed by atoms with E-state index in [2.05, 4.69) is 31.0 Å².